The van der Waals surface area contributed by atoms with Gasteiger partial charge in [-0.05, 0) is 24.3 Å². The standard InChI is InChI=1S/C15H10ClN3O/c16-14-8-11(6-7-12(14)10-20)15-9-17-18-19(15)13-4-2-1-3-5-13/h1-10H. The van der Waals surface area contributed by atoms with Gasteiger partial charge in [-0.3, -0.25) is 4.79 Å². The number of carbonyl (C=O) groups is 1. The molecule has 0 radical (unpaired) electrons. The van der Waals surface area contributed by atoms with Crippen molar-refractivity contribution >= 4 is 17.9 Å². The molecule has 1 aromatic heterocycles. The Hall–Kier alpha value is -2.46. The second-order valence-electron chi connectivity index (χ2n) is 4.22. The van der Waals surface area contributed by atoms with Gasteiger partial charge in [-0.2, -0.15) is 0 Å². The zero-order valence-corrected chi connectivity index (χ0v) is 11.2. The number of para-hydroxylation sites is 1. The summed E-state index contributed by atoms with van der Waals surface area (Å²) in [6.45, 7) is 0. The number of hydrogen-bond acceptors (Lipinski definition) is 3. The molecule has 20 heavy (non-hydrogen) atoms. The minimum atomic E-state index is 0.415. The Morgan fingerprint density at radius 3 is 2.60 bits per heavy atom. The van der Waals surface area contributed by atoms with Gasteiger partial charge < -0.3 is 0 Å². The Balaban J connectivity index is 2.10. The summed E-state index contributed by atoms with van der Waals surface area (Å²) in [6, 6.07) is 15.0. The van der Waals surface area contributed by atoms with E-state index in [1.807, 2.05) is 36.4 Å². The van der Waals surface area contributed by atoms with Crippen molar-refractivity contribution in [1.29, 1.82) is 0 Å². The molecule has 0 aliphatic carbocycles. The minimum absolute atomic E-state index is 0.415. The van der Waals surface area contributed by atoms with Gasteiger partial charge in [-0.15, -0.1) is 5.10 Å². The Kier molecular flexibility index (Phi) is 3.31. The van der Waals surface area contributed by atoms with Crippen molar-refractivity contribution in [3.8, 4) is 16.9 Å². The summed E-state index contributed by atoms with van der Waals surface area (Å²) in [5.41, 5.74) is 3.05. The second kappa shape index (κ2) is 5.27. The molecule has 0 unspecified atom stereocenters. The maximum atomic E-state index is 10.8. The zero-order valence-electron chi connectivity index (χ0n) is 10.4. The Morgan fingerprint density at radius 2 is 1.90 bits per heavy atom. The van der Waals surface area contributed by atoms with Crippen LogP contribution >= 0.6 is 11.6 Å². The van der Waals surface area contributed by atoms with E-state index in [1.165, 1.54) is 0 Å². The SMILES string of the molecule is O=Cc1ccc(-c2cnnn2-c2ccccc2)cc1Cl. The molecular formula is C15H10ClN3O. The highest BCUT2D eigenvalue weighted by Crippen LogP contribution is 2.25. The lowest BCUT2D eigenvalue weighted by Crippen LogP contribution is -1.99. The number of rotatable bonds is 3. The van der Waals surface area contributed by atoms with E-state index in [0.29, 0.717) is 10.6 Å². The largest absolute Gasteiger partial charge is 0.298 e. The van der Waals surface area contributed by atoms with Crippen molar-refractivity contribution in [3.63, 3.8) is 0 Å². The van der Waals surface area contributed by atoms with Crippen molar-refractivity contribution < 1.29 is 4.79 Å². The Bertz CT molecular complexity index is 753. The van der Waals surface area contributed by atoms with Crippen LogP contribution in [0.15, 0.2) is 54.7 Å². The predicted octanol–water partition coefficient (Wildman–Crippen LogP) is 3.40. The zero-order chi connectivity index (χ0) is 13.9. The third kappa shape index (κ3) is 2.21. The number of aldehydes is 1. The highest BCUT2D eigenvalue weighted by molar-refractivity contribution is 6.33. The average molecular weight is 284 g/mol. The summed E-state index contributed by atoms with van der Waals surface area (Å²) in [4.78, 5) is 10.8. The fraction of sp³-hybridized carbons (Fsp3) is 0. The summed E-state index contributed by atoms with van der Waals surface area (Å²) >= 11 is 6.06. The van der Waals surface area contributed by atoms with Gasteiger partial charge in [0.25, 0.3) is 0 Å². The molecule has 0 atom stereocenters. The van der Waals surface area contributed by atoms with E-state index < -0.39 is 0 Å². The number of benzene rings is 2. The molecule has 0 bridgehead atoms. The monoisotopic (exact) mass is 283 g/mol. The number of carbonyl (C=O) groups excluding carboxylic acids is 1. The van der Waals surface area contributed by atoms with E-state index in [9.17, 15) is 4.79 Å². The van der Waals surface area contributed by atoms with Gasteiger partial charge in [-0.1, -0.05) is 41.1 Å². The van der Waals surface area contributed by atoms with Crippen LogP contribution < -0.4 is 0 Å². The van der Waals surface area contributed by atoms with Crippen molar-refractivity contribution in [1.82, 2.24) is 15.0 Å². The third-order valence-electron chi connectivity index (χ3n) is 2.97. The van der Waals surface area contributed by atoms with Crippen LogP contribution in [-0.2, 0) is 0 Å². The first-order chi connectivity index (χ1) is 9.79. The normalized spacial score (nSPS) is 10.4. The number of halogens is 1. The molecule has 3 rings (SSSR count). The van der Waals surface area contributed by atoms with E-state index in [0.717, 1.165) is 23.2 Å². The molecule has 98 valence electrons. The molecule has 3 aromatic rings. The van der Waals surface area contributed by atoms with Crippen LogP contribution in [0.1, 0.15) is 10.4 Å². The fourth-order valence-electron chi connectivity index (χ4n) is 1.97. The lowest BCUT2D eigenvalue weighted by molar-refractivity contribution is 0.112. The molecule has 0 N–H and O–H groups in total. The molecule has 1 heterocycles. The topological polar surface area (TPSA) is 47.8 Å². The van der Waals surface area contributed by atoms with Crippen molar-refractivity contribution in [2.24, 2.45) is 0 Å². The molecule has 4 nitrogen and oxygen atoms in total. The molecule has 0 saturated carbocycles. The molecular weight excluding hydrogens is 274 g/mol. The van der Waals surface area contributed by atoms with Gasteiger partial charge >= 0.3 is 0 Å². The molecule has 0 amide bonds. The second-order valence-corrected chi connectivity index (χ2v) is 4.63. The maximum Gasteiger partial charge on any atom is 0.151 e. The quantitative estimate of drug-likeness (QED) is 0.692. The maximum absolute atomic E-state index is 10.8. The van der Waals surface area contributed by atoms with Gasteiger partial charge in [0.15, 0.2) is 6.29 Å². The smallest absolute Gasteiger partial charge is 0.151 e. The van der Waals surface area contributed by atoms with E-state index >= 15 is 0 Å². The van der Waals surface area contributed by atoms with Gasteiger partial charge in [0.1, 0.15) is 0 Å². The molecule has 2 aromatic carbocycles. The van der Waals surface area contributed by atoms with Crippen molar-refractivity contribution in [2.75, 3.05) is 0 Å². The molecule has 0 aliphatic rings. The van der Waals surface area contributed by atoms with Crippen LogP contribution in [0.25, 0.3) is 16.9 Å². The lowest BCUT2D eigenvalue weighted by Gasteiger charge is -2.07. The summed E-state index contributed by atoms with van der Waals surface area (Å²) in [5.74, 6) is 0. The van der Waals surface area contributed by atoms with E-state index in [-0.39, 0.29) is 0 Å². The summed E-state index contributed by atoms with van der Waals surface area (Å²) in [5, 5.41) is 8.45. The predicted molar refractivity (Wildman–Crippen MR) is 77.2 cm³/mol. The van der Waals surface area contributed by atoms with Crippen LogP contribution in [0.2, 0.25) is 5.02 Å². The first kappa shape index (κ1) is 12.6. The molecule has 0 aliphatic heterocycles. The van der Waals surface area contributed by atoms with Crippen LogP contribution in [-0.4, -0.2) is 21.3 Å². The molecule has 5 heteroatoms. The highest BCUT2D eigenvalue weighted by atomic mass is 35.5. The van der Waals surface area contributed by atoms with Crippen molar-refractivity contribution in [3.05, 3.63) is 65.3 Å². The summed E-state index contributed by atoms with van der Waals surface area (Å²) in [7, 11) is 0. The molecule has 0 saturated heterocycles. The average Bonchev–Trinajstić information content (AvgIpc) is 2.97. The first-order valence-corrected chi connectivity index (χ1v) is 6.38. The van der Waals surface area contributed by atoms with Gasteiger partial charge in [-0.25, -0.2) is 4.68 Å². The van der Waals surface area contributed by atoms with Crippen LogP contribution in [0.3, 0.4) is 0 Å². The van der Waals surface area contributed by atoms with Gasteiger partial charge in [0.2, 0.25) is 0 Å². The summed E-state index contributed by atoms with van der Waals surface area (Å²) < 4.78 is 1.73. The fourth-order valence-corrected chi connectivity index (χ4v) is 2.20. The third-order valence-corrected chi connectivity index (χ3v) is 3.30. The molecule has 0 fully saturated rings. The van der Waals surface area contributed by atoms with Gasteiger partial charge in [0, 0.05) is 11.1 Å². The molecule has 0 spiro atoms. The first-order valence-electron chi connectivity index (χ1n) is 6.01. The van der Waals surface area contributed by atoms with Gasteiger partial charge in [0.05, 0.1) is 22.6 Å². The minimum Gasteiger partial charge on any atom is -0.298 e. The van der Waals surface area contributed by atoms with E-state index in [2.05, 4.69) is 10.3 Å². The van der Waals surface area contributed by atoms with Crippen LogP contribution in [0.4, 0.5) is 0 Å². The highest BCUT2D eigenvalue weighted by Gasteiger charge is 2.10. The van der Waals surface area contributed by atoms with Crippen LogP contribution in [0.5, 0.6) is 0 Å². The Labute approximate surface area is 120 Å². The number of hydrogen-bond donors (Lipinski definition) is 0. The number of nitrogens with zero attached hydrogens (tertiary/aromatic N) is 3. The van der Waals surface area contributed by atoms with E-state index in [4.69, 9.17) is 11.6 Å². The summed E-state index contributed by atoms with van der Waals surface area (Å²) in [6.07, 6.45) is 2.40. The lowest BCUT2D eigenvalue weighted by atomic mass is 10.1. The number of aromatic nitrogens is 3. The van der Waals surface area contributed by atoms with Crippen LogP contribution in [0, 0.1) is 0 Å². The van der Waals surface area contributed by atoms with Crippen molar-refractivity contribution in [2.45, 2.75) is 0 Å². The van der Waals surface area contributed by atoms with E-state index in [1.54, 1.807) is 23.0 Å². The Morgan fingerprint density at radius 1 is 1.10 bits per heavy atom.